The zero-order chi connectivity index (χ0) is 19.0. The molecule has 0 aliphatic heterocycles. The normalized spacial score (nSPS) is 12.7. The SMILES string of the molecule is CCCCOCCOCCNC(=NC)NCC(C)Oc1cccc(F)c1. The van der Waals surface area contributed by atoms with Crippen LogP contribution in [0.4, 0.5) is 4.39 Å². The van der Waals surface area contributed by atoms with Crippen LogP contribution >= 0.6 is 0 Å². The Labute approximate surface area is 156 Å². The van der Waals surface area contributed by atoms with Crippen LogP contribution in [0.3, 0.4) is 0 Å². The lowest BCUT2D eigenvalue weighted by atomic mass is 10.3. The first-order chi connectivity index (χ1) is 12.7. The van der Waals surface area contributed by atoms with Crippen molar-refractivity contribution in [3.63, 3.8) is 0 Å². The summed E-state index contributed by atoms with van der Waals surface area (Å²) in [6.45, 7) is 7.83. The van der Waals surface area contributed by atoms with Crippen molar-refractivity contribution in [1.29, 1.82) is 0 Å². The van der Waals surface area contributed by atoms with Gasteiger partial charge in [0.1, 0.15) is 17.7 Å². The topological polar surface area (TPSA) is 64.1 Å². The Morgan fingerprint density at radius 1 is 1.15 bits per heavy atom. The fourth-order valence-electron chi connectivity index (χ4n) is 2.09. The van der Waals surface area contributed by atoms with Crippen LogP contribution in [0, 0.1) is 5.82 Å². The number of nitrogens with zero attached hydrogens (tertiary/aromatic N) is 1. The molecule has 0 saturated heterocycles. The van der Waals surface area contributed by atoms with E-state index in [0.717, 1.165) is 19.4 Å². The number of hydrogen-bond acceptors (Lipinski definition) is 4. The predicted octanol–water partition coefficient (Wildman–Crippen LogP) is 2.59. The minimum atomic E-state index is -0.309. The molecular formula is C19H32FN3O3. The molecule has 0 heterocycles. The molecule has 148 valence electrons. The van der Waals surface area contributed by atoms with Gasteiger partial charge in [-0.15, -0.1) is 0 Å². The molecule has 0 radical (unpaired) electrons. The molecule has 0 spiro atoms. The molecule has 6 nitrogen and oxygen atoms in total. The van der Waals surface area contributed by atoms with Crippen LogP contribution < -0.4 is 15.4 Å². The lowest BCUT2D eigenvalue weighted by Crippen LogP contribution is -2.42. The van der Waals surface area contributed by atoms with Gasteiger partial charge < -0.3 is 24.8 Å². The fourth-order valence-corrected chi connectivity index (χ4v) is 2.09. The first-order valence-corrected chi connectivity index (χ1v) is 9.18. The van der Waals surface area contributed by atoms with Crippen molar-refractivity contribution in [3.05, 3.63) is 30.1 Å². The highest BCUT2D eigenvalue weighted by molar-refractivity contribution is 5.79. The Morgan fingerprint density at radius 2 is 1.92 bits per heavy atom. The fraction of sp³-hybridized carbons (Fsp3) is 0.632. The van der Waals surface area contributed by atoms with Crippen LogP contribution in [0.15, 0.2) is 29.3 Å². The maximum atomic E-state index is 13.1. The van der Waals surface area contributed by atoms with Gasteiger partial charge in [-0.2, -0.15) is 0 Å². The Balaban J connectivity index is 2.09. The highest BCUT2D eigenvalue weighted by Gasteiger charge is 2.06. The van der Waals surface area contributed by atoms with Crippen molar-refractivity contribution in [2.75, 3.05) is 46.6 Å². The Kier molecular flexibility index (Phi) is 12.2. The standard InChI is InChI=1S/C19H32FN3O3/c1-4-5-10-24-12-13-25-11-9-22-19(21-3)23-15-16(2)26-18-8-6-7-17(20)14-18/h6-8,14,16H,4-5,9-13,15H2,1-3H3,(H2,21,22,23). The maximum Gasteiger partial charge on any atom is 0.191 e. The molecule has 0 fully saturated rings. The van der Waals surface area contributed by atoms with Crippen LogP contribution in [0.5, 0.6) is 5.75 Å². The van der Waals surface area contributed by atoms with Gasteiger partial charge in [0.25, 0.3) is 0 Å². The number of benzene rings is 1. The first kappa shape index (κ1) is 22.2. The molecule has 1 aromatic rings. The summed E-state index contributed by atoms with van der Waals surface area (Å²) in [5, 5.41) is 6.34. The van der Waals surface area contributed by atoms with Crippen LogP contribution in [-0.4, -0.2) is 58.6 Å². The van der Waals surface area contributed by atoms with E-state index in [1.165, 1.54) is 12.1 Å². The van der Waals surface area contributed by atoms with Crippen molar-refractivity contribution in [3.8, 4) is 5.75 Å². The van der Waals surface area contributed by atoms with Gasteiger partial charge in [-0.05, 0) is 25.5 Å². The highest BCUT2D eigenvalue weighted by Crippen LogP contribution is 2.13. The monoisotopic (exact) mass is 369 g/mol. The number of rotatable bonds is 13. The average molecular weight is 369 g/mol. The number of guanidine groups is 1. The molecule has 0 aliphatic carbocycles. The second-order valence-corrected chi connectivity index (χ2v) is 5.84. The number of ether oxygens (including phenoxy) is 3. The summed E-state index contributed by atoms with van der Waals surface area (Å²) in [6.07, 6.45) is 2.10. The molecule has 1 rings (SSSR count). The summed E-state index contributed by atoms with van der Waals surface area (Å²) in [5.41, 5.74) is 0. The van der Waals surface area contributed by atoms with Crippen LogP contribution in [0.1, 0.15) is 26.7 Å². The van der Waals surface area contributed by atoms with Gasteiger partial charge >= 0.3 is 0 Å². The van der Waals surface area contributed by atoms with Gasteiger partial charge in [-0.3, -0.25) is 4.99 Å². The lowest BCUT2D eigenvalue weighted by molar-refractivity contribution is 0.0487. The van der Waals surface area contributed by atoms with E-state index in [9.17, 15) is 4.39 Å². The van der Waals surface area contributed by atoms with E-state index in [2.05, 4.69) is 22.5 Å². The molecule has 7 heteroatoms. The molecule has 0 saturated carbocycles. The molecule has 1 unspecified atom stereocenters. The van der Waals surface area contributed by atoms with Gasteiger partial charge in [0.05, 0.1) is 26.4 Å². The summed E-state index contributed by atoms with van der Waals surface area (Å²) < 4.78 is 29.7. The quantitative estimate of drug-likeness (QED) is 0.318. The summed E-state index contributed by atoms with van der Waals surface area (Å²) >= 11 is 0. The van der Waals surface area contributed by atoms with Crippen molar-refractivity contribution in [2.24, 2.45) is 4.99 Å². The third kappa shape index (κ3) is 10.9. The summed E-state index contributed by atoms with van der Waals surface area (Å²) in [6, 6.07) is 6.12. The largest absolute Gasteiger partial charge is 0.489 e. The van der Waals surface area contributed by atoms with E-state index in [4.69, 9.17) is 14.2 Å². The van der Waals surface area contributed by atoms with Crippen LogP contribution in [0.2, 0.25) is 0 Å². The molecule has 0 aromatic heterocycles. The van der Waals surface area contributed by atoms with Gasteiger partial charge in [-0.25, -0.2) is 4.39 Å². The summed E-state index contributed by atoms with van der Waals surface area (Å²) in [7, 11) is 1.70. The second-order valence-electron chi connectivity index (χ2n) is 5.84. The van der Waals surface area contributed by atoms with Crippen molar-refractivity contribution in [2.45, 2.75) is 32.8 Å². The number of nitrogens with one attached hydrogen (secondary N) is 2. The number of hydrogen-bond donors (Lipinski definition) is 2. The van der Waals surface area contributed by atoms with Crippen molar-refractivity contribution < 1.29 is 18.6 Å². The molecular weight excluding hydrogens is 337 g/mol. The highest BCUT2D eigenvalue weighted by atomic mass is 19.1. The van der Waals surface area contributed by atoms with Crippen molar-refractivity contribution in [1.82, 2.24) is 10.6 Å². The second kappa shape index (κ2) is 14.3. The molecule has 1 aromatic carbocycles. The maximum absolute atomic E-state index is 13.1. The minimum absolute atomic E-state index is 0.133. The van der Waals surface area contributed by atoms with E-state index in [0.29, 0.717) is 44.6 Å². The van der Waals surface area contributed by atoms with E-state index < -0.39 is 0 Å². The van der Waals surface area contributed by atoms with E-state index in [1.807, 2.05) is 6.92 Å². The third-order valence-corrected chi connectivity index (χ3v) is 3.47. The molecule has 26 heavy (non-hydrogen) atoms. The van der Waals surface area contributed by atoms with E-state index in [1.54, 1.807) is 19.2 Å². The lowest BCUT2D eigenvalue weighted by Gasteiger charge is -2.17. The third-order valence-electron chi connectivity index (χ3n) is 3.47. The first-order valence-electron chi connectivity index (χ1n) is 9.18. The summed E-state index contributed by atoms with van der Waals surface area (Å²) in [4.78, 5) is 4.15. The molecule has 0 amide bonds. The minimum Gasteiger partial charge on any atom is -0.489 e. The predicted molar refractivity (Wildman–Crippen MR) is 102 cm³/mol. The zero-order valence-corrected chi connectivity index (χ0v) is 16.1. The van der Waals surface area contributed by atoms with Crippen LogP contribution in [0.25, 0.3) is 0 Å². The zero-order valence-electron chi connectivity index (χ0n) is 16.1. The molecule has 0 aliphatic rings. The van der Waals surface area contributed by atoms with Crippen LogP contribution in [-0.2, 0) is 9.47 Å². The summed E-state index contributed by atoms with van der Waals surface area (Å²) in [5.74, 6) is 0.871. The van der Waals surface area contributed by atoms with Gasteiger partial charge in [0.2, 0.25) is 0 Å². The Morgan fingerprint density at radius 3 is 2.62 bits per heavy atom. The van der Waals surface area contributed by atoms with E-state index >= 15 is 0 Å². The van der Waals surface area contributed by atoms with Gasteiger partial charge in [0, 0.05) is 26.3 Å². The number of halogens is 1. The molecule has 2 N–H and O–H groups in total. The average Bonchev–Trinajstić information content (AvgIpc) is 2.62. The van der Waals surface area contributed by atoms with Gasteiger partial charge in [0.15, 0.2) is 5.96 Å². The van der Waals surface area contributed by atoms with Gasteiger partial charge in [-0.1, -0.05) is 19.4 Å². The van der Waals surface area contributed by atoms with E-state index in [-0.39, 0.29) is 11.9 Å². The number of aliphatic imine (C=N–C) groups is 1. The van der Waals surface area contributed by atoms with Crippen molar-refractivity contribution >= 4 is 5.96 Å². The Hall–Kier alpha value is -1.86. The molecule has 0 bridgehead atoms. The smallest absolute Gasteiger partial charge is 0.191 e. The Bertz CT molecular complexity index is 515. The molecule has 1 atom stereocenters. The number of unbranched alkanes of at least 4 members (excludes halogenated alkanes) is 1.